The minimum absolute atomic E-state index is 0.121. The molecule has 1 aromatic rings. The summed E-state index contributed by atoms with van der Waals surface area (Å²) < 4.78 is 5.52. The molecule has 28 heavy (non-hydrogen) atoms. The van der Waals surface area contributed by atoms with Crippen LogP contribution in [0.4, 0.5) is 10.5 Å². The topological polar surface area (TPSA) is 53.1 Å². The highest BCUT2D eigenvalue weighted by Gasteiger charge is 2.46. The molecule has 0 aliphatic carbocycles. The average molecular weight is 406 g/mol. The van der Waals surface area contributed by atoms with Crippen LogP contribution in [0.15, 0.2) is 30.5 Å². The number of carbonyl (C=O) groups is 2. The molecule has 0 spiro atoms. The zero-order chi connectivity index (χ0) is 20.6. The van der Waals surface area contributed by atoms with Crippen LogP contribution in [0.25, 0.3) is 0 Å². The Morgan fingerprint density at radius 3 is 2.46 bits per heavy atom. The van der Waals surface area contributed by atoms with Gasteiger partial charge >= 0.3 is 6.09 Å². The number of benzene rings is 1. The third-order valence-corrected chi connectivity index (χ3v) is 5.26. The monoisotopic (exact) mass is 405 g/mol. The molecule has 0 unspecified atom stereocenters. The molecule has 6 nitrogen and oxygen atoms in total. The Hall–Kier alpha value is -2.21. The van der Waals surface area contributed by atoms with Crippen molar-refractivity contribution in [1.82, 2.24) is 9.80 Å². The summed E-state index contributed by atoms with van der Waals surface area (Å²) >= 11 is 6.39. The van der Waals surface area contributed by atoms with Crippen molar-refractivity contribution in [2.24, 2.45) is 0 Å². The normalized spacial score (nSPS) is 21.5. The van der Waals surface area contributed by atoms with Gasteiger partial charge in [-0.3, -0.25) is 4.79 Å². The van der Waals surface area contributed by atoms with Crippen LogP contribution in [0.3, 0.4) is 0 Å². The van der Waals surface area contributed by atoms with Gasteiger partial charge in [0.2, 0.25) is 0 Å². The van der Waals surface area contributed by atoms with E-state index in [1.165, 1.54) is 6.08 Å². The standard InChI is InChI=1S/C21H28ClN3O3/c1-21(2,3)28-20(27)25-13-15-10-16(25)12-24(15)14-6-7-17(18(22)11-14)19(26)8-9-23(4)5/h6-9,11,15-16H,10,12-13H2,1-5H3/t15-,16-/m0/s1. The predicted octanol–water partition coefficient (Wildman–Crippen LogP) is 3.80. The molecule has 2 aliphatic heterocycles. The molecule has 152 valence electrons. The maximum atomic E-state index is 12.4. The highest BCUT2D eigenvalue weighted by Crippen LogP contribution is 2.36. The number of halogens is 1. The molecule has 7 heteroatoms. The Morgan fingerprint density at radius 2 is 1.93 bits per heavy atom. The number of allylic oxidation sites excluding steroid dienone is 1. The predicted molar refractivity (Wildman–Crippen MR) is 111 cm³/mol. The number of carbonyl (C=O) groups excluding carboxylic acids is 2. The van der Waals surface area contributed by atoms with Crippen LogP contribution in [-0.4, -0.2) is 66.5 Å². The van der Waals surface area contributed by atoms with Gasteiger partial charge in [0, 0.05) is 56.8 Å². The third-order valence-electron chi connectivity index (χ3n) is 4.94. The second-order valence-electron chi connectivity index (χ2n) is 8.64. The van der Waals surface area contributed by atoms with Crippen molar-refractivity contribution in [2.75, 3.05) is 32.1 Å². The molecule has 0 saturated carbocycles. The molecule has 2 saturated heterocycles. The van der Waals surface area contributed by atoms with Crippen molar-refractivity contribution in [2.45, 2.75) is 44.9 Å². The molecular weight excluding hydrogens is 378 g/mol. The van der Waals surface area contributed by atoms with E-state index in [0.717, 1.165) is 18.7 Å². The first kappa shape index (κ1) is 20.5. The number of ether oxygens (including phenoxy) is 1. The number of fused-ring (bicyclic) bond motifs is 2. The molecule has 3 rings (SSSR count). The van der Waals surface area contributed by atoms with Crippen molar-refractivity contribution in [3.63, 3.8) is 0 Å². The maximum absolute atomic E-state index is 12.4. The number of hydrogen-bond donors (Lipinski definition) is 0. The van der Waals surface area contributed by atoms with Gasteiger partial charge in [-0.25, -0.2) is 4.79 Å². The van der Waals surface area contributed by atoms with Crippen molar-refractivity contribution in [1.29, 1.82) is 0 Å². The molecule has 2 atom stereocenters. The van der Waals surface area contributed by atoms with Crippen molar-refractivity contribution in [3.05, 3.63) is 41.1 Å². The lowest BCUT2D eigenvalue weighted by Gasteiger charge is -2.36. The van der Waals surface area contributed by atoms with Gasteiger partial charge in [0.25, 0.3) is 0 Å². The minimum atomic E-state index is -0.491. The summed E-state index contributed by atoms with van der Waals surface area (Å²) in [6.07, 6.45) is 3.89. The molecule has 2 aliphatic rings. The van der Waals surface area contributed by atoms with Gasteiger partial charge in [-0.1, -0.05) is 11.6 Å². The zero-order valence-corrected chi connectivity index (χ0v) is 17.9. The highest BCUT2D eigenvalue weighted by atomic mass is 35.5. The van der Waals surface area contributed by atoms with E-state index in [1.807, 2.05) is 51.9 Å². The van der Waals surface area contributed by atoms with Crippen LogP contribution < -0.4 is 4.90 Å². The van der Waals surface area contributed by atoms with Gasteiger partial charge in [0.15, 0.2) is 5.78 Å². The summed E-state index contributed by atoms with van der Waals surface area (Å²) in [7, 11) is 3.72. The number of piperazine rings is 1. The molecule has 1 amide bonds. The van der Waals surface area contributed by atoms with E-state index < -0.39 is 5.60 Å². The van der Waals surface area contributed by atoms with Crippen LogP contribution in [0, 0.1) is 0 Å². The fourth-order valence-corrected chi connectivity index (χ4v) is 3.98. The molecule has 0 radical (unpaired) electrons. The summed E-state index contributed by atoms with van der Waals surface area (Å²) in [5.74, 6) is -0.121. The number of ketones is 1. The van der Waals surface area contributed by atoms with E-state index in [1.54, 1.807) is 17.2 Å². The molecule has 2 bridgehead atoms. The van der Waals surface area contributed by atoms with Gasteiger partial charge in [-0.05, 0) is 45.4 Å². The van der Waals surface area contributed by atoms with E-state index >= 15 is 0 Å². The summed E-state index contributed by atoms with van der Waals surface area (Å²) in [5.41, 5.74) is 0.980. The first-order valence-electron chi connectivity index (χ1n) is 9.50. The van der Waals surface area contributed by atoms with Crippen LogP contribution in [0.2, 0.25) is 5.02 Å². The first-order valence-corrected chi connectivity index (χ1v) is 9.88. The summed E-state index contributed by atoms with van der Waals surface area (Å²) in [5, 5.41) is 0.442. The Bertz CT molecular complexity index is 801. The summed E-state index contributed by atoms with van der Waals surface area (Å²) in [6, 6.07) is 5.93. The second-order valence-corrected chi connectivity index (χ2v) is 9.04. The molecule has 2 heterocycles. The third kappa shape index (κ3) is 4.43. The van der Waals surface area contributed by atoms with Crippen molar-refractivity contribution >= 4 is 29.2 Å². The van der Waals surface area contributed by atoms with E-state index in [0.29, 0.717) is 17.1 Å². The number of likely N-dealkylation sites (tertiary alicyclic amines) is 1. The molecule has 0 aromatic heterocycles. The van der Waals surface area contributed by atoms with Crippen LogP contribution in [0.5, 0.6) is 0 Å². The number of nitrogens with zero attached hydrogens (tertiary/aromatic N) is 3. The maximum Gasteiger partial charge on any atom is 0.410 e. The minimum Gasteiger partial charge on any atom is -0.444 e. The number of hydrogen-bond acceptors (Lipinski definition) is 5. The SMILES string of the molecule is CN(C)C=CC(=O)c1ccc(N2C[C@@H]3C[C@H]2CN3C(=O)OC(C)(C)C)cc1Cl. The number of rotatable bonds is 4. The Labute approximate surface area is 171 Å². The average Bonchev–Trinajstić information content (AvgIpc) is 3.18. The lowest BCUT2D eigenvalue weighted by Crippen LogP contribution is -2.50. The molecular formula is C21H28ClN3O3. The lowest BCUT2D eigenvalue weighted by atomic mass is 10.1. The lowest BCUT2D eigenvalue weighted by molar-refractivity contribution is 0.0214. The van der Waals surface area contributed by atoms with Crippen LogP contribution >= 0.6 is 11.6 Å². The fourth-order valence-electron chi connectivity index (χ4n) is 3.72. The molecule has 0 N–H and O–H groups in total. The largest absolute Gasteiger partial charge is 0.444 e. The van der Waals surface area contributed by atoms with E-state index in [-0.39, 0.29) is 24.0 Å². The van der Waals surface area contributed by atoms with Gasteiger partial charge in [-0.2, -0.15) is 0 Å². The van der Waals surface area contributed by atoms with E-state index in [2.05, 4.69) is 4.90 Å². The second kappa shape index (κ2) is 7.66. The Kier molecular flexibility index (Phi) is 5.62. The highest BCUT2D eigenvalue weighted by molar-refractivity contribution is 6.34. The summed E-state index contributed by atoms with van der Waals surface area (Å²) in [4.78, 5) is 30.6. The van der Waals surface area contributed by atoms with Crippen molar-refractivity contribution < 1.29 is 14.3 Å². The Balaban J connectivity index is 1.68. The van der Waals surface area contributed by atoms with Crippen molar-refractivity contribution in [3.8, 4) is 0 Å². The molecule has 2 fully saturated rings. The zero-order valence-electron chi connectivity index (χ0n) is 17.1. The van der Waals surface area contributed by atoms with Crippen LogP contribution in [0.1, 0.15) is 37.6 Å². The van der Waals surface area contributed by atoms with Gasteiger partial charge in [0.1, 0.15) is 5.60 Å². The van der Waals surface area contributed by atoms with Gasteiger partial charge in [-0.15, -0.1) is 0 Å². The Morgan fingerprint density at radius 1 is 1.21 bits per heavy atom. The number of amides is 1. The smallest absolute Gasteiger partial charge is 0.410 e. The fraction of sp³-hybridized carbons (Fsp3) is 0.524. The van der Waals surface area contributed by atoms with E-state index in [4.69, 9.17) is 16.3 Å². The molecule has 1 aromatic carbocycles. The quantitative estimate of drug-likeness (QED) is 0.563. The first-order chi connectivity index (χ1) is 13.0. The van der Waals surface area contributed by atoms with E-state index in [9.17, 15) is 9.59 Å². The summed E-state index contributed by atoms with van der Waals surface area (Å²) in [6.45, 7) is 7.02. The van der Waals surface area contributed by atoms with Gasteiger partial charge in [0.05, 0.1) is 11.1 Å². The number of anilines is 1. The van der Waals surface area contributed by atoms with Gasteiger partial charge < -0.3 is 19.4 Å². The van der Waals surface area contributed by atoms with Crippen LogP contribution in [-0.2, 0) is 4.74 Å².